The molecular weight excluding hydrogens is 306 g/mol. The summed E-state index contributed by atoms with van der Waals surface area (Å²) in [6, 6.07) is 1.94. The van der Waals surface area contributed by atoms with Crippen molar-refractivity contribution in [1.29, 1.82) is 0 Å². The second-order valence-electron chi connectivity index (χ2n) is 6.40. The number of carbonyl (C=O) groups is 2. The molecule has 2 amide bonds. The van der Waals surface area contributed by atoms with Crippen molar-refractivity contribution in [3.05, 3.63) is 29.7 Å². The minimum atomic E-state index is -0.110. The third-order valence-electron chi connectivity index (χ3n) is 4.56. The smallest absolute Gasteiger partial charge is 0.258 e. The van der Waals surface area contributed by atoms with E-state index >= 15 is 0 Å². The Hall–Kier alpha value is -2.44. The fraction of sp³-hybridized carbons (Fsp3) is 0.529. The van der Waals surface area contributed by atoms with Crippen molar-refractivity contribution >= 4 is 17.5 Å². The van der Waals surface area contributed by atoms with Gasteiger partial charge in [0.1, 0.15) is 5.56 Å². The molecule has 0 spiro atoms. The summed E-state index contributed by atoms with van der Waals surface area (Å²) in [6.45, 7) is 3.41. The van der Waals surface area contributed by atoms with Crippen molar-refractivity contribution in [3.8, 4) is 0 Å². The highest BCUT2D eigenvalue weighted by molar-refractivity contribution is 5.99. The highest BCUT2D eigenvalue weighted by atomic mass is 16.2. The number of carbonyl (C=O) groups excluding carboxylic acids is 2. The van der Waals surface area contributed by atoms with Gasteiger partial charge in [-0.15, -0.1) is 0 Å². The summed E-state index contributed by atoms with van der Waals surface area (Å²) in [6.07, 6.45) is 5.81. The van der Waals surface area contributed by atoms with Gasteiger partial charge < -0.3 is 9.80 Å². The number of nitrogens with zero attached hydrogens (tertiary/aromatic N) is 5. The molecule has 2 aromatic rings. The third-order valence-corrected chi connectivity index (χ3v) is 4.56. The molecule has 0 aliphatic carbocycles. The SMILES string of the molecule is CCC(=O)N1CCC[C@H](c2ccnc3c(C(=O)N(C)C)cnn23)C1. The lowest BCUT2D eigenvalue weighted by Gasteiger charge is -2.32. The van der Waals surface area contributed by atoms with E-state index in [1.807, 2.05) is 17.9 Å². The summed E-state index contributed by atoms with van der Waals surface area (Å²) in [5.74, 6) is 0.289. The van der Waals surface area contributed by atoms with E-state index in [9.17, 15) is 9.59 Å². The number of piperidine rings is 1. The van der Waals surface area contributed by atoms with Gasteiger partial charge in [-0.05, 0) is 18.9 Å². The Balaban J connectivity index is 1.95. The van der Waals surface area contributed by atoms with Gasteiger partial charge in [-0.1, -0.05) is 6.92 Å². The molecular formula is C17H23N5O2. The molecule has 0 unspecified atom stereocenters. The van der Waals surface area contributed by atoms with Gasteiger partial charge in [0.2, 0.25) is 5.91 Å². The molecule has 1 atom stereocenters. The molecule has 0 bridgehead atoms. The van der Waals surface area contributed by atoms with E-state index in [0.717, 1.165) is 25.1 Å². The zero-order valence-electron chi connectivity index (χ0n) is 14.4. The van der Waals surface area contributed by atoms with E-state index in [1.54, 1.807) is 31.0 Å². The minimum absolute atomic E-state index is 0.110. The highest BCUT2D eigenvalue weighted by Gasteiger charge is 2.27. The van der Waals surface area contributed by atoms with Gasteiger partial charge >= 0.3 is 0 Å². The predicted octanol–water partition coefficient (Wildman–Crippen LogP) is 1.55. The Morgan fingerprint density at radius 1 is 1.38 bits per heavy atom. The Labute approximate surface area is 141 Å². The van der Waals surface area contributed by atoms with E-state index in [0.29, 0.717) is 24.2 Å². The Bertz CT molecular complexity index is 767. The zero-order chi connectivity index (χ0) is 17.3. The molecule has 1 saturated heterocycles. The summed E-state index contributed by atoms with van der Waals surface area (Å²) in [5.41, 5.74) is 2.08. The molecule has 0 radical (unpaired) electrons. The van der Waals surface area contributed by atoms with Crippen molar-refractivity contribution < 1.29 is 9.59 Å². The van der Waals surface area contributed by atoms with Crippen LogP contribution in [0.2, 0.25) is 0 Å². The second-order valence-corrected chi connectivity index (χ2v) is 6.40. The zero-order valence-corrected chi connectivity index (χ0v) is 14.4. The number of fused-ring (bicyclic) bond motifs is 1. The average Bonchev–Trinajstić information content (AvgIpc) is 3.04. The molecule has 128 valence electrons. The van der Waals surface area contributed by atoms with Crippen LogP contribution in [0, 0.1) is 0 Å². The number of aromatic nitrogens is 3. The van der Waals surface area contributed by atoms with Crippen molar-refractivity contribution in [2.75, 3.05) is 27.2 Å². The minimum Gasteiger partial charge on any atom is -0.345 e. The number of amides is 2. The fourth-order valence-electron chi connectivity index (χ4n) is 3.28. The van der Waals surface area contributed by atoms with Gasteiger partial charge in [-0.25, -0.2) is 9.50 Å². The van der Waals surface area contributed by atoms with Crippen LogP contribution < -0.4 is 0 Å². The average molecular weight is 329 g/mol. The number of rotatable bonds is 3. The molecule has 2 aromatic heterocycles. The summed E-state index contributed by atoms with van der Waals surface area (Å²) in [7, 11) is 3.43. The van der Waals surface area contributed by atoms with Crippen LogP contribution >= 0.6 is 0 Å². The molecule has 0 saturated carbocycles. The normalized spacial score (nSPS) is 18.0. The molecule has 24 heavy (non-hydrogen) atoms. The largest absolute Gasteiger partial charge is 0.345 e. The van der Waals surface area contributed by atoms with Crippen LogP contribution in [0.15, 0.2) is 18.5 Å². The molecule has 7 heteroatoms. The quantitative estimate of drug-likeness (QED) is 0.856. The summed E-state index contributed by atoms with van der Waals surface area (Å²) in [5, 5.41) is 4.39. The monoisotopic (exact) mass is 329 g/mol. The molecule has 7 nitrogen and oxygen atoms in total. The maximum absolute atomic E-state index is 12.3. The van der Waals surface area contributed by atoms with Crippen molar-refractivity contribution in [1.82, 2.24) is 24.4 Å². The lowest BCUT2D eigenvalue weighted by molar-refractivity contribution is -0.132. The van der Waals surface area contributed by atoms with Crippen LogP contribution in [0.5, 0.6) is 0 Å². The Kier molecular flexibility index (Phi) is 4.51. The summed E-state index contributed by atoms with van der Waals surface area (Å²) in [4.78, 5) is 32.1. The summed E-state index contributed by atoms with van der Waals surface area (Å²) >= 11 is 0. The standard InChI is InChI=1S/C17H23N5O2/c1-4-15(23)21-9-5-6-12(11-21)14-7-8-18-16-13(10-19-22(14)16)17(24)20(2)3/h7-8,10,12H,4-6,9,11H2,1-3H3/t12-/m0/s1. The van der Waals surface area contributed by atoms with Crippen molar-refractivity contribution in [2.24, 2.45) is 0 Å². The first kappa shape index (κ1) is 16.4. The second kappa shape index (κ2) is 6.59. The molecule has 3 rings (SSSR count). The van der Waals surface area contributed by atoms with Gasteiger partial charge in [0.25, 0.3) is 5.91 Å². The Morgan fingerprint density at radius 3 is 2.88 bits per heavy atom. The number of likely N-dealkylation sites (tertiary alicyclic amines) is 1. The molecule has 1 fully saturated rings. The van der Waals surface area contributed by atoms with Crippen LogP contribution in [0.3, 0.4) is 0 Å². The maximum Gasteiger partial charge on any atom is 0.258 e. The van der Waals surface area contributed by atoms with Crippen LogP contribution in [-0.2, 0) is 4.79 Å². The van der Waals surface area contributed by atoms with Crippen LogP contribution in [0.25, 0.3) is 5.65 Å². The van der Waals surface area contributed by atoms with Crippen molar-refractivity contribution in [3.63, 3.8) is 0 Å². The predicted molar refractivity (Wildman–Crippen MR) is 89.9 cm³/mol. The number of hydrogen-bond donors (Lipinski definition) is 0. The molecule has 3 heterocycles. The first-order chi connectivity index (χ1) is 11.5. The van der Waals surface area contributed by atoms with Crippen LogP contribution in [0.1, 0.15) is 48.2 Å². The van der Waals surface area contributed by atoms with Gasteiger partial charge in [0, 0.05) is 45.7 Å². The van der Waals surface area contributed by atoms with E-state index in [-0.39, 0.29) is 17.7 Å². The topological polar surface area (TPSA) is 70.8 Å². The van der Waals surface area contributed by atoms with E-state index in [2.05, 4.69) is 10.1 Å². The first-order valence-corrected chi connectivity index (χ1v) is 8.35. The lowest BCUT2D eigenvalue weighted by atomic mass is 9.94. The van der Waals surface area contributed by atoms with E-state index < -0.39 is 0 Å². The lowest BCUT2D eigenvalue weighted by Crippen LogP contribution is -2.39. The molecule has 1 aliphatic heterocycles. The molecule has 0 N–H and O–H groups in total. The van der Waals surface area contributed by atoms with E-state index in [4.69, 9.17) is 0 Å². The van der Waals surface area contributed by atoms with Gasteiger partial charge in [-0.2, -0.15) is 5.10 Å². The van der Waals surface area contributed by atoms with E-state index in [1.165, 1.54) is 4.90 Å². The maximum atomic E-state index is 12.3. The fourth-order valence-corrected chi connectivity index (χ4v) is 3.28. The van der Waals surface area contributed by atoms with Gasteiger partial charge in [0.05, 0.1) is 11.9 Å². The Morgan fingerprint density at radius 2 is 2.17 bits per heavy atom. The van der Waals surface area contributed by atoms with Crippen LogP contribution in [0.4, 0.5) is 0 Å². The van der Waals surface area contributed by atoms with Crippen molar-refractivity contribution in [2.45, 2.75) is 32.1 Å². The molecule has 0 aromatic carbocycles. The number of hydrogen-bond acceptors (Lipinski definition) is 4. The summed E-state index contributed by atoms with van der Waals surface area (Å²) < 4.78 is 1.75. The van der Waals surface area contributed by atoms with Gasteiger partial charge in [-0.3, -0.25) is 9.59 Å². The van der Waals surface area contributed by atoms with Crippen LogP contribution in [-0.4, -0.2) is 63.4 Å². The van der Waals surface area contributed by atoms with Gasteiger partial charge in [0.15, 0.2) is 5.65 Å². The molecule has 1 aliphatic rings. The third kappa shape index (κ3) is 2.86. The highest BCUT2D eigenvalue weighted by Crippen LogP contribution is 2.27. The first-order valence-electron chi connectivity index (χ1n) is 8.35.